The fourth-order valence-corrected chi connectivity index (χ4v) is 7.12. The van der Waals surface area contributed by atoms with Gasteiger partial charge in [-0.15, -0.1) is 13.2 Å². The summed E-state index contributed by atoms with van der Waals surface area (Å²) in [5.41, 5.74) is -1.06. The van der Waals surface area contributed by atoms with Crippen LogP contribution in [0, 0.1) is 11.8 Å². The third-order valence-corrected chi connectivity index (χ3v) is 9.11. The molecule has 0 aliphatic carbocycles. The van der Waals surface area contributed by atoms with Crippen LogP contribution in [0.2, 0.25) is 0 Å². The van der Waals surface area contributed by atoms with Gasteiger partial charge in [0.1, 0.15) is 17.6 Å². The maximum absolute atomic E-state index is 14.5. The van der Waals surface area contributed by atoms with Crippen LogP contribution in [0.15, 0.2) is 55.6 Å². The highest BCUT2D eigenvalue weighted by atomic mass is 16.6. The molecule has 2 amide bonds. The second-order valence-corrected chi connectivity index (χ2v) is 11.3. The van der Waals surface area contributed by atoms with Crippen LogP contribution in [0.1, 0.15) is 64.4 Å². The van der Waals surface area contributed by atoms with Crippen molar-refractivity contribution in [3.05, 3.63) is 61.2 Å². The Kier molecular flexibility index (Phi) is 9.52. The first-order valence-corrected chi connectivity index (χ1v) is 14.7. The molecule has 3 fully saturated rings. The Balaban J connectivity index is 1.71. The number of carbonyl (C=O) groups is 3. The summed E-state index contributed by atoms with van der Waals surface area (Å²) in [4.78, 5) is 45.7. The van der Waals surface area contributed by atoms with Crippen LogP contribution >= 0.6 is 0 Å². The standard InChI is InChI=1S/C32H44N2O6/c1-5-9-10-14-20-39-30(38)26-25-28(36)34(24(7-3)22-35)27(32(25)18-17-31(26,8-4)40-32)29(37)33(19-6-2)21-23-15-12-11-13-16-23/h5-6,11-13,15-16,24-27,35H,1-2,7-10,14,17-22H2,3-4H3/t24-,25-,26-,27?,31+,32?/m0/s1. The smallest absolute Gasteiger partial charge is 0.312 e. The molecule has 1 N–H and O–H groups in total. The van der Waals surface area contributed by atoms with Crippen molar-refractivity contribution in [2.45, 2.75) is 88.6 Å². The number of fused-ring (bicyclic) bond motifs is 1. The second kappa shape index (κ2) is 12.7. The molecular formula is C32H44N2O6. The Morgan fingerprint density at radius 2 is 1.95 bits per heavy atom. The lowest BCUT2D eigenvalue weighted by Gasteiger charge is -2.39. The van der Waals surface area contributed by atoms with Gasteiger partial charge in [-0.1, -0.05) is 56.3 Å². The minimum Gasteiger partial charge on any atom is -0.465 e. The summed E-state index contributed by atoms with van der Waals surface area (Å²) in [6, 6.07) is 8.15. The fourth-order valence-electron chi connectivity index (χ4n) is 7.12. The Morgan fingerprint density at radius 3 is 2.58 bits per heavy atom. The van der Waals surface area contributed by atoms with E-state index in [2.05, 4.69) is 13.2 Å². The van der Waals surface area contributed by atoms with Crippen molar-refractivity contribution < 1.29 is 29.0 Å². The van der Waals surface area contributed by atoms with Crippen LogP contribution in [0.4, 0.5) is 0 Å². The van der Waals surface area contributed by atoms with E-state index in [1.54, 1.807) is 11.0 Å². The lowest BCUT2D eigenvalue weighted by molar-refractivity contribution is -0.163. The van der Waals surface area contributed by atoms with E-state index in [9.17, 15) is 19.5 Å². The molecule has 0 saturated carbocycles. The number of esters is 1. The summed E-state index contributed by atoms with van der Waals surface area (Å²) < 4.78 is 12.6. The van der Waals surface area contributed by atoms with Crippen molar-refractivity contribution in [3.63, 3.8) is 0 Å². The molecule has 3 saturated heterocycles. The Morgan fingerprint density at radius 1 is 1.20 bits per heavy atom. The number of amides is 2. The Bertz CT molecular complexity index is 1090. The molecular weight excluding hydrogens is 508 g/mol. The van der Waals surface area contributed by atoms with Crippen LogP contribution < -0.4 is 0 Å². The van der Waals surface area contributed by atoms with Crippen molar-refractivity contribution in [1.82, 2.24) is 9.80 Å². The average molecular weight is 553 g/mol. The highest BCUT2D eigenvalue weighted by Crippen LogP contribution is 2.65. The number of allylic oxidation sites excluding steroid dienone is 1. The minimum absolute atomic E-state index is 0.253. The number of rotatable bonds is 15. The number of unbranched alkanes of at least 4 members (excludes halogenated alkanes) is 2. The highest BCUT2D eigenvalue weighted by molar-refractivity contribution is 5.98. The quantitative estimate of drug-likeness (QED) is 0.201. The van der Waals surface area contributed by atoms with Gasteiger partial charge in [0.15, 0.2) is 0 Å². The number of aliphatic hydroxyl groups is 1. The zero-order valence-corrected chi connectivity index (χ0v) is 23.9. The van der Waals surface area contributed by atoms with Crippen molar-refractivity contribution in [1.29, 1.82) is 0 Å². The monoisotopic (exact) mass is 552 g/mol. The van der Waals surface area contributed by atoms with Crippen molar-refractivity contribution in [3.8, 4) is 0 Å². The highest BCUT2D eigenvalue weighted by Gasteiger charge is 2.79. The van der Waals surface area contributed by atoms with Gasteiger partial charge in [0.2, 0.25) is 11.8 Å². The number of aliphatic hydroxyl groups excluding tert-OH is 1. The number of likely N-dealkylation sites (tertiary alicyclic amines) is 1. The number of nitrogens with zero attached hydrogens (tertiary/aromatic N) is 2. The molecule has 218 valence electrons. The SMILES string of the molecule is C=CCCCCOC(=O)[C@@H]1[C@H]2C(=O)N([C@@H](CC)CO)C(C(=O)N(CC=C)Cc3ccccc3)C23CC[C@@]1(CC)O3. The zero-order valence-electron chi connectivity index (χ0n) is 23.9. The van der Waals surface area contributed by atoms with Gasteiger partial charge < -0.3 is 24.4 Å². The summed E-state index contributed by atoms with van der Waals surface area (Å²) in [6.45, 7) is 12.0. The van der Waals surface area contributed by atoms with Crippen LogP contribution in [0.25, 0.3) is 0 Å². The van der Waals surface area contributed by atoms with Gasteiger partial charge in [-0.25, -0.2) is 0 Å². The number of benzene rings is 1. The molecule has 8 heteroatoms. The van der Waals surface area contributed by atoms with Gasteiger partial charge >= 0.3 is 5.97 Å². The normalized spacial score (nSPS) is 29.2. The van der Waals surface area contributed by atoms with Gasteiger partial charge in [-0.05, 0) is 50.5 Å². The first kappa shape index (κ1) is 30.0. The molecule has 1 aromatic rings. The van der Waals surface area contributed by atoms with E-state index in [-0.39, 0.29) is 31.6 Å². The van der Waals surface area contributed by atoms with Gasteiger partial charge in [0.25, 0.3) is 0 Å². The van der Waals surface area contributed by atoms with Crippen molar-refractivity contribution in [2.75, 3.05) is 19.8 Å². The van der Waals surface area contributed by atoms with Crippen LogP contribution in [-0.4, -0.2) is 75.7 Å². The van der Waals surface area contributed by atoms with Gasteiger partial charge in [0.05, 0.1) is 30.8 Å². The van der Waals surface area contributed by atoms with Crippen molar-refractivity contribution in [2.24, 2.45) is 11.8 Å². The summed E-state index contributed by atoms with van der Waals surface area (Å²) in [5.74, 6) is -2.62. The first-order valence-electron chi connectivity index (χ1n) is 14.7. The molecule has 6 atom stereocenters. The van der Waals surface area contributed by atoms with Crippen LogP contribution in [0.3, 0.4) is 0 Å². The van der Waals surface area contributed by atoms with E-state index in [0.717, 1.165) is 18.4 Å². The van der Waals surface area contributed by atoms with E-state index in [1.165, 1.54) is 4.90 Å². The molecule has 40 heavy (non-hydrogen) atoms. The molecule has 0 aromatic heterocycles. The summed E-state index contributed by atoms with van der Waals surface area (Å²) in [6.07, 6.45) is 7.98. The van der Waals surface area contributed by atoms with Gasteiger partial charge in [0, 0.05) is 13.1 Å². The molecule has 0 radical (unpaired) electrons. The first-order chi connectivity index (χ1) is 19.3. The molecule has 8 nitrogen and oxygen atoms in total. The molecule has 1 spiro atoms. The van der Waals surface area contributed by atoms with Crippen molar-refractivity contribution >= 4 is 17.8 Å². The van der Waals surface area contributed by atoms with E-state index >= 15 is 0 Å². The molecule has 2 unspecified atom stereocenters. The molecule has 3 heterocycles. The Labute approximate surface area is 238 Å². The van der Waals surface area contributed by atoms with E-state index < -0.39 is 41.1 Å². The second-order valence-electron chi connectivity index (χ2n) is 11.3. The fraction of sp³-hybridized carbons (Fsp3) is 0.594. The number of carbonyl (C=O) groups excluding carboxylic acids is 3. The zero-order chi connectivity index (χ0) is 28.9. The largest absolute Gasteiger partial charge is 0.465 e. The molecule has 3 aliphatic rings. The number of hydrogen-bond acceptors (Lipinski definition) is 6. The van der Waals surface area contributed by atoms with E-state index in [0.29, 0.717) is 38.6 Å². The van der Waals surface area contributed by atoms with Gasteiger partial charge in [-0.2, -0.15) is 0 Å². The number of ether oxygens (including phenoxy) is 2. The van der Waals surface area contributed by atoms with Crippen LogP contribution in [0.5, 0.6) is 0 Å². The molecule has 2 bridgehead atoms. The van der Waals surface area contributed by atoms with Crippen LogP contribution in [-0.2, 0) is 30.4 Å². The van der Waals surface area contributed by atoms with E-state index in [4.69, 9.17) is 9.47 Å². The molecule has 4 rings (SSSR count). The maximum atomic E-state index is 14.5. The third-order valence-electron chi connectivity index (χ3n) is 9.11. The number of hydrogen-bond donors (Lipinski definition) is 1. The molecule has 1 aromatic carbocycles. The lowest BCUT2D eigenvalue weighted by atomic mass is 9.65. The van der Waals surface area contributed by atoms with E-state index in [1.807, 2.05) is 50.3 Å². The topological polar surface area (TPSA) is 96.4 Å². The summed E-state index contributed by atoms with van der Waals surface area (Å²) in [5, 5.41) is 10.3. The summed E-state index contributed by atoms with van der Waals surface area (Å²) >= 11 is 0. The summed E-state index contributed by atoms with van der Waals surface area (Å²) in [7, 11) is 0. The third kappa shape index (κ3) is 5.12. The molecule has 3 aliphatic heterocycles. The lowest BCUT2D eigenvalue weighted by Crippen LogP contribution is -2.58. The average Bonchev–Trinajstić information content (AvgIpc) is 3.57. The predicted molar refractivity (Wildman–Crippen MR) is 152 cm³/mol. The minimum atomic E-state index is -1.16. The predicted octanol–water partition coefficient (Wildman–Crippen LogP) is 4.03. The maximum Gasteiger partial charge on any atom is 0.312 e. The van der Waals surface area contributed by atoms with Gasteiger partial charge in [-0.3, -0.25) is 14.4 Å². The Hall–Kier alpha value is -2.97.